The van der Waals surface area contributed by atoms with E-state index in [4.69, 9.17) is 4.74 Å². The predicted octanol–water partition coefficient (Wildman–Crippen LogP) is 5.09. The Hall–Kier alpha value is -3.85. The number of amides is 2. The molecule has 0 radical (unpaired) electrons. The van der Waals surface area contributed by atoms with Gasteiger partial charge >= 0.3 is 0 Å². The highest BCUT2D eigenvalue weighted by atomic mass is 32.2. The summed E-state index contributed by atoms with van der Waals surface area (Å²) in [6.07, 6.45) is 1.31. The number of para-hydroxylation sites is 1. The lowest BCUT2D eigenvalue weighted by Gasteiger charge is -2.33. The second kappa shape index (κ2) is 14.2. The number of nitrogens with one attached hydrogen (secondary N) is 1. The van der Waals surface area contributed by atoms with E-state index in [2.05, 4.69) is 5.32 Å². The first-order valence-electron chi connectivity index (χ1n) is 13.9. The molecule has 0 aromatic heterocycles. The molecule has 0 saturated carbocycles. The van der Waals surface area contributed by atoms with Crippen LogP contribution in [0, 0.1) is 6.92 Å². The lowest BCUT2D eigenvalue weighted by Crippen LogP contribution is -2.52. The highest BCUT2D eigenvalue weighted by molar-refractivity contribution is 7.92. The number of hydrogen-bond acceptors (Lipinski definition) is 5. The van der Waals surface area contributed by atoms with Gasteiger partial charge in [-0.15, -0.1) is 0 Å². The van der Waals surface area contributed by atoms with Crippen LogP contribution >= 0.6 is 0 Å². The van der Waals surface area contributed by atoms with Crippen molar-refractivity contribution >= 4 is 27.5 Å². The zero-order valence-electron chi connectivity index (χ0n) is 24.8. The summed E-state index contributed by atoms with van der Waals surface area (Å²) in [5, 5.41) is 2.95. The summed E-state index contributed by atoms with van der Waals surface area (Å²) in [4.78, 5) is 28.9. The van der Waals surface area contributed by atoms with Crippen molar-refractivity contribution in [2.24, 2.45) is 0 Å². The molecular weight excluding hydrogens is 538 g/mol. The number of sulfonamides is 1. The molecule has 3 aromatic carbocycles. The molecule has 1 N–H and O–H groups in total. The van der Waals surface area contributed by atoms with E-state index in [0.29, 0.717) is 17.9 Å². The molecule has 0 aliphatic rings. The van der Waals surface area contributed by atoms with E-state index in [1.165, 1.54) is 4.90 Å². The Kier molecular flexibility index (Phi) is 10.9. The van der Waals surface area contributed by atoms with Crippen LogP contribution in [-0.4, -0.2) is 50.9 Å². The highest BCUT2D eigenvalue weighted by Crippen LogP contribution is 2.28. The summed E-state index contributed by atoms with van der Waals surface area (Å²) in [5.74, 6) is -0.189. The lowest BCUT2D eigenvalue weighted by molar-refractivity contribution is -0.139. The van der Waals surface area contributed by atoms with Crippen LogP contribution in [0.5, 0.6) is 5.75 Å². The number of aryl methyl sites for hydroxylation is 2. The van der Waals surface area contributed by atoms with Gasteiger partial charge in [0.05, 0.1) is 17.7 Å². The van der Waals surface area contributed by atoms with Crippen molar-refractivity contribution in [1.82, 2.24) is 10.2 Å². The minimum atomic E-state index is -4.12. The van der Waals surface area contributed by atoms with Gasteiger partial charge in [-0.1, -0.05) is 61.9 Å². The summed E-state index contributed by atoms with van der Waals surface area (Å²) >= 11 is 0. The molecule has 9 heteroatoms. The number of carbonyl (C=O) groups excluding carboxylic acids is 2. The van der Waals surface area contributed by atoms with Gasteiger partial charge in [-0.05, 0) is 75.1 Å². The minimum Gasteiger partial charge on any atom is -0.497 e. The van der Waals surface area contributed by atoms with Crippen molar-refractivity contribution in [2.75, 3.05) is 18.0 Å². The largest absolute Gasteiger partial charge is 0.497 e. The molecular formula is C32H41N3O5S. The van der Waals surface area contributed by atoms with Crippen LogP contribution in [0.25, 0.3) is 0 Å². The maximum absolute atomic E-state index is 14.1. The third kappa shape index (κ3) is 7.88. The van der Waals surface area contributed by atoms with Crippen molar-refractivity contribution in [3.63, 3.8) is 0 Å². The van der Waals surface area contributed by atoms with Crippen LogP contribution in [0.4, 0.5) is 5.69 Å². The number of anilines is 1. The summed E-state index contributed by atoms with van der Waals surface area (Å²) in [5.41, 5.74) is 2.90. The van der Waals surface area contributed by atoms with Gasteiger partial charge in [0.2, 0.25) is 11.8 Å². The normalized spacial score (nSPS) is 12.7. The Morgan fingerprint density at radius 2 is 1.63 bits per heavy atom. The Balaban J connectivity index is 2.07. The van der Waals surface area contributed by atoms with Crippen LogP contribution in [0.2, 0.25) is 0 Å². The fourth-order valence-electron chi connectivity index (χ4n) is 4.42. The molecule has 220 valence electrons. The van der Waals surface area contributed by atoms with E-state index in [0.717, 1.165) is 27.4 Å². The first-order chi connectivity index (χ1) is 19.5. The van der Waals surface area contributed by atoms with Crippen LogP contribution in [0.3, 0.4) is 0 Å². The monoisotopic (exact) mass is 579 g/mol. The smallest absolute Gasteiger partial charge is 0.264 e. The second-order valence-electron chi connectivity index (χ2n) is 10.2. The fourth-order valence-corrected chi connectivity index (χ4v) is 5.87. The van der Waals surface area contributed by atoms with Crippen molar-refractivity contribution in [2.45, 2.75) is 71.0 Å². The molecule has 2 atom stereocenters. The lowest BCUT2D eigenvalue weighted by atomic mass is 10.1. The molecule has 3 aromatic rings. The number of carbonyl (C=O) groups is 2. The van der Waals surface area contributed by atoms with Crippen molar-refractivity contribution < 1.29 is 22.7 Å². The summed E-state index contributed by atoms with van der Waals surface area (Å²) in [7, 11) is -2.56. The molecule has 0 saturated heterocycles. The molecule has 2 unspecified atom stereocenters. The van der Waals surface area contributed by atoms with Crippen LogP contribution in [0.1, 0.15) is 50.8 Å². The van der Waals surface area contributed by atoms with Crippen molar-refractivity contribution in [3.8, 4) is 5.75 Å². The van der Waals surface area contributed by atoms with Gasteiger partial charge < -0.3 is 15.0 Å². The van der Waals surface area contributed by atoms with Crippen LogP contribution in [0.15, 0.2) is 77.7 Å². The van der Waals surface area contributed by atoms with Crippen molar-refractivity contribution in [3.05, 3.63) is 89.5 Å². The predicted molar refractivity (Wildman–Crippen MR) is 162 cm³/mol. The van der Waals surface area contributed by atoms with Gasteiger partial charge in [-0.3, -0.25) is 13.9 Å². The summed E-state index contributed by atoms with van der Waals surface area (Å²) in [6, 6.07) is 20.0. The quantitative estimate of drug-likeness (QED) is 0.304. The van der Waals surface area contributed by atoms with E-state index in [-0.39, 0.29) is 23.4 Å². The first kappa shape index (κ1) is 31.7. The van der Waals surface area contributed by atoms with Gasteiger partial charge in [0, 0.05) is 12.6 Å². The average molecular weight is 580 g/mol. The molecule has 2 amide bonds. The number of methoxy groups -OCH3 is 1. The SMILES string of the molecule is CCc1ccccc1N(CC(=O)N(Cc1cccc(OC)c1)C(C)C(=O)NC(C)CC)S(=O)(=O)c1ccc(C)cc1. The minimum absolute atomic E-state index is 0.0754. The fraction of sp³-hybridized carbons (Fsp3) is 0.375. The highest BCUT2D eigenvalue weighted by Gasteiger charge is 2.33. The number of ether oxygens (including phenoxy) is 1. The van der Waals surface area contributed by atoms with E-state index in [9.17, 15) is 18.0 Å². The molecule has 8 nitrogen and oxygen atoms in total. The summed E-state index contributed by atoms with van der Waals surface area (Å²) < 4.78 is 34.6. The maximum atomic E-state index is 14.1. The van der Waals surface area contributed by atoms with E-state index in [1.54, 1.807) is 62.6 Å². The number of benzene rings is 3. The standard InChI is InChI=1S/C32H41N3O5S/c1-7-24(4)33-32(37)25(5)34(21-26-12-11-14-28(20-26)40-6)31(36)22-35(30-15-10-9-13-27(30)8-2)41(38,39)29-18-16-23(3)17-19-29/h9-20,24-25H,7-8,21-22H2,1-6H3,(H,33,37). The molecule has 0 fully saturated rings. The third-order valence-corrected chi connectivity index (χ3v) is 8.96. The number of hydrogen-bond donors (Lipinski definition) is 1. The van der Waals surface area contributed by atoms with Crippen molar-refractivity contribution in [1.29, 1.82) is 0 Å². The number of nitrogens with zero attached hydrogens (tertiary/aromatic N) is 2. The Morgan fingerprint density at radius 1 is 0.951 bits per heavy atom. The molecule has 0 bridgehead atoms. The molecule has 0 aliphatic carbocycles. The van der Waals surface area contributed by atoms with E-state index < -0.39 is 28.5 Å². The van der Waals surface area contributed by atoms with Gasteiger partial charge in [-0.25, -0.2) is 8.42 Å². The van der Waals surface area contributed by atoms with E-state index in [1.807, 2.05) is 52.0 Å². The zero-order valence-corrected chi connectivity index (χ0v) is 25.6. The molecule has 41 heavy (non-hydrogen) atoms. The molecule has 0 spiro atoms. The van der Waals surface area contributed by atoms with Gasteiger partial charge in [-0.2, -0.15) is 0 Å². The van der Waals surface area contributed by atoms with Gasteiger partial charge in [0.25, 0.3) is 10.0 Å². The second-order valence-corrected chi connectivity index (χ2v) is 12.0. The first-order valence-corrected chi connectivity index (χ1v) is 15.4. The Bertz CT molecular complexity index is 1440. The third-order valence-electron chi connectivity index (χ3n) is 7.18. The maximum Gasteiger partial charge on any atom is 0.264 e. The van der Waals surface area contributed by atoms with Crippen LogP contribution in [-0.2, 0) is 32.6 Å². The van der Waals surface area contributed by atoms with Crippen LogP contribution < -0.4 is 14.4 Å². The van der Waals surface area contributed by atoms with Gasteiger partial charge in [0.1, 0.15) is 18.3 Å². The molecule has 0 heterocycles. The summed E-state index contributed by atoms with van der Waals surface area (Å²) in [6.45, 7) is 8.97. The van der Waals surface area contributed by atoms with Gasteiger partial charge in [0.15, 0.2) is 0 Å². The average Bonchev–Trinajstić information content (AvgIpc) is 2.98. The molecule has 3 rings (SSSR count). The number of rotatable bonds is 13. The zero-order chi connectivity index (χ0) is 30.2. The Morgan fingerprint density at radius 3 is 2.27 bits per heavy atom. The topological polar surface area (TPSA) is 96.0 Å². The molecule has 0 aliphatic heterocycles. The van der Waals surface area contributed by atoms with E-state index >= 15 is 0 Å². The Labute approximate surface area is 244 Å².